The molecule has 0 saturated carbocycles. The van der Waals surface area contributed by atoms with Gasteiger partial charge in [0.05, 0.1) is 5.56 Å². The maximum absolute atomic E-state index is 11.8. The molecule has 0 unspecified atom stereocenters. The van der Waals surface area contributed by atoms with Crippen LogP contribution in [0.5, 0.6) is 0 Å². The molecule has 3 nitrogen and oxygen atoms in total. The van der Waals surface area contributed by atoms with Crippen LogP contribution in [0.3, 0.4) is 0 Å². The number of carbonyl (C=O) groups is 2. The molecule has 16 heavy (non-hydrogen) atoms. The summed E-state index contributed by atoms with van der Waals surface area (Å²) in [5.41, 5.74) is 0.583. The molecular weight excluding hydrogens is 222 g/mol. The van der Waals surface area contributed by atoms with Crippen molar-refractivity contribution in [3.63, 3.8) is 0 Å². The number of rotatable bonds is 3. The summed E-state index contributed by atoms with van der Waals surface area (Å²) in [6.07, 6.45) is 0.467. The van der Waals surface area contributed by atoms with Gasteiger partial charge in [-0.1, -0.05) is 30.8 Å². The molecule has 1 rings (SSSR count). The Morgan fingerprint density at radius 3 is 2.44 bits per heavy atom. The van der Waals surface area contributed by atoms with E-state index in [4.69, 9.17) is 0 Å². The van der Waals surface area contributed by atoms with E-state index in [1.165, 1.54) is 4.90 Å². The Kier molecular flexibility index (Phi) is 4.55. The fraction of sp³-hybridized carbons (Fsp3) is 0.333. The molecule has 0 aromatic heterocycles. The fourth-order valence-corrected chi connectivity index (χ4v) is 1.97. The van der Waals surface area contributed by atoms with Gasteiger partial charge in [0.15, 0.2) is 5.12 Å². The average molecular weight is 237 g/mol. The quantitative estimate of drug-likeness (QED) is 0.758. The summed E-state index contributed by atoms with van der Waals surface area (Å²) in [7, 11) is 3.40. The number of hydrogen-bond acceptors (Lipinski definition) is 3. The summed E-state index contributed by atoms with van der Waals surface area (Å²) < 4.78 is 0. The van der Waals surface area contributed by atoms with Crippen molar-refractivity contribution in [1.29, 1.82) is 0 Å². The minimum Gasteiger partial charge on any atom is -0.345 e. The van der Waals surface area contributed by atoms with E-state index >= 15 is 0 Å². The van der Waals surface area contributed by atoms with Gasteiger partial charge < -0.3 is 4.90 Å². The molecule has 0 N–H and O–H groups in total. The van der Waals surface area contributed by atoms with Crippen LogP contribution < -0.4 is 0 Å². The Bertz CT molecular complexity index is 402. The number of amides is 1. The first-order valence-corrected chi connectivity index (χ1v) is 5.89. The minimum absolute atomic E-state index is 0.0685. The lowest BCUT2D eigenvalue weighted by atomic mass is 10.2. The van der Waals surface area contributed by atoms with Crippen molar-refractivity contribution in [2.45, 2.75) is 18.2 Å². The Morgan fingerprint density at radius 1 is 1.25 bits per heavy atom. The van der Waals surface area contributed by atoms with E-state index < -0.39 is 0 Å². The van der Waals surface area contributed by atoms with Gasteiger partial charge in [0.2, 0.25) is 0 Å². The van der Waals surface area contributed by atoms with Gasteiger partial charge in [-0.15, -0.1) is 0 Å². The molecule has 0 radical (unpaired) electrons. The maximum atomic E-state index is 11.8. The van der Waals surface area contributed by atoms with Crippen molar-refractivity contribution in [3.8, 4) is 0 Å². The number of hydrogen-bond donors (Lipinski definition) is 0. The van der Waals surface area contributed by atoms with Gasteiger partial charge in [0.1, 0.15) is 0 Å². The topological polar surface area (TPSA) is 37.4 Å². The van der Waals surface area contributed by atoms with E-state index in [0.29, 0.717) is 12.0 Å². The third-order valence-electron chi connectivity index (χ3n) is 2.04. The molecule has 0 aliphatic rings. The van der Waals surface area contributed by atoms with Crippen LogP contribution >= 0.6 is 11.8 Å². The Balaban J connectivity index is 3.00. The van der Waals surface area contributed by atoms with Crippen LogP contribution in [0.25, 0.3) is 0 Å². The lowest BCUT2D eigenvalue weighted by Gasteiger charge is -2.12. The SMILES string of the molecule is CCC(=O)Sc1ccccc1C(=O)N(C)C. The zero-order valence-corrected chi connectivity index (χ0v) is 10.5. The zero-order valence-electron chi connectivity index (χ0n) is 9.69. The van der Waals surface area contributed by atoms with E-state index in [9.17, 15) is 9.59 Å². The summed E-state index contributed by atoms with van der Waals surface area (Å²) in [6, 6.07) is 7.18. The molecule has 0 spiro atoms. The third-order valence-corrected chi connectivity index (χ3v) is 3.13. The highest BCUT2D eigenvalue weighted by Crippen LogP contribution is 2.24. The summed E-state index contributed by atoms with van der Waals surface area (Å²) in [5, 5.41) is 0.0685. The van der Waals surface area contributed by atoms with E-state index in [1.54, 1.807) is 32.3 Å². The predicted octanol–water partition coefficient (Wildman–Crippen LogP) is 2.42. The van der Waals surface area contributed by atoms with Gasteiger partial charge in [0.25, 0.3) is 5.91 Å². The van der Waals surface area contributed by atoms with E-state index in [1.807, 2.05) is 13.0 Å². The van der Waals surface area contributed by atoms with Crippen molar-refractivity contribution in [2.75, 3.05) is 14.1 Å². The highest BCUT2D eigenvalue weighted by atomic mass is 32.2. The second-order valence-corrected chi connectivity index (χ2v) is 4.62. The van der Waals surface area contributed by atoms with Gasteiger partial charge in [-0.3, -0.25) is 9.59 Å². The molecule has 1 amide bonds. The molecule has 1 aromatic rings. The molecule has 0 atom stereocenters. The summed E-state index contributed by atoms with van der Waals surface area (Å²) in [5.74, 6) is -0.0768. The fourth-order valence-electron chi connectivity index (χ4n) is 1.17. The van der Waals surface area contributed by atoms with Crippen molar-refractivity contribution < 1.29 is 9.59 Å². The highest BCUT2D eigenvalue weighted by Gasteiger charge is 2.14. The Morgan fingerprint density at radius 2 is 1.88 bits per heavy atom. The van der Waals surface area contributed by atoms with Crippen molar-refractivity contribution >= 4 is 22.8 Å². The Labute approximate surface area is 99.8 Å². The molecule has 1 aromatic carbocycles. The number of thioether (sulfide) groups is 1. The first-order valence-electron chi connectivity index (χ1n) is 5.07. The maximum Gasteiger partial charge on any atom is 0.254 e. The monoisotopic (exact) mass is 237 g/mol. The number of benzene rings is 1. The van der Waals surface area contributed by atoms with Crippen LogP contribution in [-0.2, 0) is 4.79 Å². The molecule has 0 saturated heterocycles. The third kappa shape index (κ3) is 3.10. The van der Waals surface area contributed by atoms with Crippen molar-refractivity contribution in [2.24, 2.45) is 0 Å². The number of carbonyl (C=O) groups excluding carboxylic acids is 2. The Hall–Kier alpha value is -1.29. The van der Waals surface area contributed by atoms with Gasteiger partial charge >= 0.3 is 0 Å². The van der Waals surface area contributed by atoms with Gasteiger partial charge in [-0.05, 0) is 12.1 Å². The van der Waals surface area contributed by atoms with Crippen molar-refractivity contribution in [3.05, 3.63) is 29.8 Å². The van der Waals surface area contributed by atoms with E-state index in [0.717, 1.165) is 16.7 Å². The molecule has 86 valence electrons. The van der Waals surface area contributed by atoms with E-state index in [2.05, 4.69) is 0 Å². The molecule has 0 aliphatic heterocycles. The summed E-state index contributed by atoms with van der Waals surface area (Å²) >= 11 is 1.13. The summed E-state index contributed by atoms with van der Waals surface area (Å²) in [6.45, 7) is 1.81. The zero-order chi connectivity index (χ0) is 12.1. The molecule has 0 fully saturated rings. The first kappa shape index (κ1) is 12.8. The number of nitrogens with zero attached hydrogens (tertiary/aromatic N) is 1. The molecular formula is C12H15NO2S. The summed E-state index contributed by atoms with van der Waals surface area (Å²) in [4.78, 5) is 25.4. The van der Waals surface area contributed by atoms with Gasteiger partial charge in [-0.2, -0.15) is 0 Å². The average Bonchev–Trinajstić information content (AvgIpc) is 2.28. The van der Waals surface area contributed by atoms with Crippen LogP contribution in [0.4, 0.5) is 0 Å². The lowest BCUT2D eigenvalue weighted by molar-refractivity contribution is -0.110. The second-order valence-electron chi connectivity index (χ2n) is 3.52. The predicted molar refractivity (Wildman–Crippen MR) is 65.6 cm³/mol. The smallest absolute Gasteiger partial charge is 0.254 e. The van der Waals surface area contributed by atoms with Crippen LogP contribution in [0.1, 0.15) is 23.7 Å². The molecule has 4 heteroatoms. The van der Waals surface area contributed by atoms with Crippen molar-refractivity contribution in [1.82, 2.24) is 4.90 Å². The molecule has 0 heterocycles. The molecule has 0 aliphatic carbocycles. The van der Waals surface area contributed by atoms with Crippen LogP contribution in [0.15, 0.2) is 29.2 Å². The second kappa shape index (κ2) is 5.70. The van der Waals surface area contributed by atoms with E-state index in [-0.39, 0.29) is 11.0 Å². The highest BCUT2D eigenvalue weighted by molar-refractivity contribution is 8.13. The van der Waals surface area contributed by atoms with Crippen LogP contribution in [0, 0.1) is 0 Å². The standard InChI is InChI=1S/C12H15NO2S/c1-4-11(14)16-10-8-6-5-7-9(10)12(15)13(2)3/h5-8H,4H2,1-3H3. The van der Waals surface area contributed by atoms with Crippen LogP contribution in [0.2, 0.25) is 0 Å². The normalized spacial score (nSPS) is 9.94. The largest absolute Gasteiger partial charge is 0.345 e. The lowest BCUT2D eigenvalue weighted by Crippen LogP contribution is -2.22. The van der Waals surface area contributed by atoms with Crippen LogP contribution in [-0.4, -0.2) is 30.0 Å². The van der Waals surface area contributed by atoms with Gasteiger partial charge in [-0.25, -0.2) is 0 Å². The molecule has 0 bridgehead atoms. The minimum atomic E-state index is -0.0768. The first-order chi connectivity index (χ1) is 7.56. The van der Waals surface area contributed by atoms with Gasteiger partial charge in [0, 0.05) is 25.4 Å².